The Morgan fingerprint density at radius 1 is 1.18 bits per heavy atom. The minimum absolute atomic E-state index is 0.173. The Morgan fingerprint density at radius 2 is 2.04 bits per heavy atom. The van der Waals surface area contributed by atoms with Crippen molar-refractivity contribution in [2.24, 2.45) is 0 Å². The summed E-state index contributed by atoms with van der Waals surface area (Å²) in [5.74, 6) is 0.267. The van der Waals surface area contributed by atoms with Crippen LogP contribution in [0, 0.1) is 0 Å². The van der Waals surface area contributed by atoms with Crippen LogP contribution in [0.1, 0.15) is 23.1 Å². The highest BCUT2D eigenvalue weighted by Gasteiger charge is 2.17. The molecule has 2 heterocycles. The summed E-state index contributed by atoms with van der Waals surface area (Å²) in [6.45, 7) is 2.54. The molecule has 0 bridgehead atoms. The molecule has 4 rings (SSSR count). The van der Waals surface area contributed by atoms with Gasteiger partial charge in [-0.25, -0.2) is 9.67 Å². The van der Waals surface area contributed by atoms with Gasteiger partial charge in [0.2, 0.25) is 0 Å². The Bertz CT molecular complexity index is 1180. The second-order valence-corrected chi connectivity index (χ2v) is 6.15. The molecule has 0 fully saturated rings. The molecule has 28 heavy (non-hydrogen) atoms. The average molecular weight is 375 g/mol. The number of carbonyl (C=O) groups excluding carboxylic acids is 1. The summed E-state index contributed by atoms with van der Waals surface area (Å²) in [6, 6.07) is 14.2. The number of amides is 1. The van der Waals surface area contributed by atoms with E-state index in [9.17, 15) is 9.59 Å². The zero-order valence-corrected chi connectivity index (χ0v) is 15.1. The van der Waals surface area contributed by atoms with Crippen molar-refractivity contribution in [1.29, 1.82) is 0 Å². The molecule has 1 N–H and O–H groups in total. The number of H-pyrrole nitrogens is 1. The smallest absolute Gasteiger partial charge is 0.258 e. The second kappa shape index (κ2) is 7.39. The van der Waals surface area contributed by atoms with Gasteiger partial charge in [-0.15, -0.1) is 5.10 Å². The average Bonchev–Trinajstić information content (AvgIpc) is 3.27. The van der Waals surface area contributed by atoms with E-state index in [-0.39, 0.29) is 18.0 Å². The Morgan fingerprint density at radius 3 is 2.82 bits per heavy atom. The van der Waals surface area contributed by atoms with Crippen molar-refractivity contribution < 1.29 is 4.79 Å². The van der Waals surface area contributed by atoms with Crippen LogP contribution < -0.4 is 5.56 Å². The summed E-state index contributed by atoms with van der Waals surface area (Å²) in [5, 5.41) is 11.6. The molecule has 0 aliphatic rings. The number of carbonyl (C=O) groups is 1. The van der Waals surface area contributed by atoms with Crippen molar-refractivity contribution in [2.75, 3.05) is 6.54 Å². The summed E-state index contributed by atoms with van der Waals surface area (Å²) >= 11 is 0. The molecule has 2 aromatic heterocycles. The van der Waals surface area contributed by atoms with E-state index in [1.165, 1.54) is 11.0 Å². The van der Waals surface area contributed by atoms with Crippen molar-refractivity contribution in [3.63, 3.8) is 0 Å². The zero-order chi connectivity index (χ0) is 19.5. The third-order valence-corrected chi connectivity index (χ3v) is 4.38. The number of para-hydroxylation sites is 1. The number of tetrazole rings is 1. The largest absolute Gasteiger partial charge is 0.331 e. The molecule has 2 aromatic carbocycles. The Balaban J connectivity index is 1.62. The number of fused-ring (bicyclic) bond motifs is 1. The number of hydrogen-bond acceptors (Lipinski definition) is 6. The minimum atomic E-state index is -0.218. The molecule has 4 aromatic rings. The van der Waals surface area contributed by atoms with Gasteiger partial charge in [0.25, 0.3) is 11.5 Å². The van der Waals surface area contributed by atoms with Crippen LogP contribution in [-0.2, 0) is 6.54 Å². The van der Waals surface area contributed by atoms with Crippen LogP contribution in [0.25, 0.3) is 16.6 Å². The van der Waals surface area contributed by atoms with Crippen LogP contribution in [0.15, 0.2) is 59.7 Å². The van der Waals surface area contributed by atoms with Crippen molar-refractivity contribution in [3.05, 3.63) is 76.6 Å². The lowest BCUT2D eigenvalue weighted by molar-refractivity contribution is 0.0748. The van der Waals surface area contributed by atoms with E-state index < -0.39 is 0 Å². The van der Waals surface area contributed by atoms with E-state index in [2.05, 4.69) is 25.5 Å². The van der Waals surface area contributed by atoms with Crippen molar-refractivity contribution in [3.8, 4) is 5.69 Å². The summed E-state index contributed by atoms with van der Waals surface area (Å²) in [4.78, 5) is 34.1. The topological polar surface area (TPSA) is 110 Å². The number of hydrogen-bond donors (Lipinski definition) is 1. The van der Waals surface area contributed by atoms with Gasteiger partial charge in [0, 0.05) is 12.1 Å². The molecule has 0 aliphatic heterocycles. The van der Waals surface area contributed by atoms with Gasteiger partial charge in [-0.2, -0.15) is 0 Å². The SMILES string of the molecule is CCN(Cc1nc2ccccc2c(=O)[nH]1)C(=O)c1cccc(-n2cnnn2)c1. The molecule has 0 saturated heterocycles. The molecule has 0 spiro atoms. The van der Waals surface area contributed by atoms with Gasteiger partial charge in [0.1, 0.15) is 12.2 Å². The number of aromatic nitrogens is 6. The van der Waals surface area contributed by atoms with Crippen LogP contribution in [0.2, 0.25) is 0 Å². The van der Waals surface area contributed by atoms with Gasteiger partial charge >= 0.3 is 0 Å². The lowest BCUT2D eigenvalue weighted by atomic mass is 10.1. The highest BCUT2D eigenvalue weighted by Crippen LogP contribution is 2.13. The Kier molecular flexibility index (Phi) is 4.63. The fourth-order valence-corrected chi connectivity index (χ4v) is 2.96. The van der Waals surface area contributed by atoms with Gasteiger partial charge in [0.15, 0.2) is 0 Å². The Labute approximate surface area is 159 Å². The van der Waals surface area contributed by atoms with E-state index in [1.807, 2.05) is 19.1 Å². The lowest BCUT2D eigenvalue weighted by Gasteiger charge is -2.20. The van der Waals surface area contributed by atoms with Crippen molar-refractivity contribution in [1.82, 2.24) is 35.1 Å². The first kappa shape index (κ1) is 17.5. The van der Waals surface area contributed by atoms with Gasteiger partial charge in [-0.3, -0.25) is 9.59 Å². The highest BCUT2D eigenvalue weighted by atomic mass is 16.2. The summed E-state index contributed by atoms with van der Waals surface area (Å²) < 4.78 is 1.48. The molecule has 9 heteroatoms. The maximum atomic E-state index is 13.0. The quantitative estimate of drug-likeness (QED) is 0.567. The first-order chi connectivity index (χ1) is 13.7. The summed E-state index contributed by atoms with van der Waals surface area (Å²) in [5.41, 5.74) is 1.57. The van der Waals surface area contributed by atoms with Crippen LogP contribution in [0.3, 0.4) is 0 Å². The van der Waals surface area contributed by atoms with Crippen LogP contribution in [-0.4, -0.2) is 47.5 Å². The number of nitrogens with one attached hydrogen (secondary N) is 1. The van der Waals surface area contributed by atoms with Gasteiger partial charge in [-0.05, 0) is 47.7 Å². The second-order valence-electron chi connectivity index (χ2n) is 6.15. The van der Waals surface area contributed by atoms with Gasteiger partial charge < -0.3 is 9.88 Å². The van der Waals surface area contributed by atoms with Crippen LogP contribution >= 0.6 is 0 Å². The number of aromatic amines is 1. The van der Waals surface area contributed by atoms with Crippen molar-refractivity contribution >= 4 is 16.8 Å². The molecule has 0 saturated carbocycles. The molecule has 0 unspecified atom stereocenters. The van der Waals surface area contributed by atoms with E-state index in [0.717, 1.165) is 0 Å². The molecular weight excluding hydrogens is 358 g/mol. The first-order valence-electron chi connectivity index (χ1n) is 8.76. The standard InChI is InChI=1S/C19H17N7O2/c1-2-25(11-17-21-16-9-4-3-8-15(16)18(27)22-17)19(28)13-6-5-7-14(10-13)26-12-20-23-24-26/h3-10,12H,2,11H2,1H3,(H,21,22,27). The summed E-state index contributed by atoms with van der Waals surface area (Å²) in [6.07, 6.45) is 1.46. The maximum Gasteiger partial charge on any atom is 0.258 e. The molecule has 0 aliphatic carbocycles. The van der Waals surface area contributed by atoms with E-state index >= 15 is 0 Å². The Hall–Kier alpha value is -3.88. The number of rotatable bonds is 5. The maximum absolute atomic E-state index is 13.0. The number of nitrogens with zero attached hydrogens (tertiary/aromatic N) is 6. The third kappa shape index (κ3) is 3.37. The predicted molar refractivity (Wildman–Crippen MR) is 102 cm³/mol. The monoisotopic (exact) mass is 375 g/mol. The zero-order valence-electron chi connectivity index (χ0n) is 15.1. The van der Waals surface area contributed by atoms with E-state index in [0.29, 0.717) is 34.5 Å². The molecule has 0 radical (unpaired) electrons. The molecular formula is C19H17N7O2. The normalized spacial score (nSPS) is 10.9. The fourth-order valence-electron chi connectivity index (χ4n) is 2.96. The fraction of sp³-hybridized carbons (Fsp3) is 0.158. The van der Waals surface area contributed by atoms with Gasteiger partial charge in [-0.1, -0.05) is 18.2 Å². The molecule has 0 atom stereocenters. The summed E-state index contributed by atoms with van der Waals surface area (Å²) in [7, 11) is 0. The molecule has 1 amide bonds. The van der Waals surface area contributed by atoms with Crippen molar-refractivity contribution in [2.45, 2.75) is 13.5 Å². The number of benzene rings is 2. The minimum Gasteiger partial charge on any atom is -0.331 e. The van der Waals surface area contributed by atoms with Gasteiger partial charge in [0.05, 0.1) is 23.1 Å². The molecule has 9 nitrogen and oxygen atoms in total. The lowest BCUT2D eigenvalue weighted by Crippen LogP contribution is -2.32. The first-order valence-corrected chi connectivity index (χ1v) is 8.76. The van der Waals surface area contributed by atoms with Crippen LogP contribution in [0.4, 0.5) is 0 Å². The molecule has 140 valence electrons. The van der Waals surface area contributed by atoms with Crippen LogP contribution in [0.5, 0.6) is 0 Å². The highest BCUT2D eigenvalue weighted by molar-refractivity contribution is 5.94. The van der Waals surface area contributed by atoms with E-state index in [4.69, 9.17) is 0 Å². The van der Waals surface area contributed by atoms with E-state index in [1.54, 1.807) is 41.3 Å². The predicted octanol–water partition coefficient (Wildman–Crippen LogP) is 1.56. The third-order valence-electron chi connectivity index (χ3n) is 4.38.